The van der Waals surface area contributed by atoms with Crippen LogP contribution in [0.3, 0.4) is 0 Å². The zero-order valence-electron chi connectivity index (χ0n) is 21.1. The van der Waals surface area contributed by atoms with Crippen LogP contribution in [0, 0.1) is 0 Å². The fraction of sp³-hybridized carbons (Fsp3) is 0.0645. The fourth-order valence-corrected chi connectivity index (χ4v) is 4.77. The van der Waals surface area contributed by atoms with Crippen molar-refractivity contribution in [2.45, 2.75) is 6.17 Å². The lowest BCUT2D eigenvalue weighted by Gasteiger charge is -2.32. The van der Waals surface area contributed by atoms with Crippen molar-refractivity contribution in [3.8, 4) is 11.3 Å². The normalized spacial score (nSPS) is 14.9. The summed E-state index contributed by atoms with van der Waals surface area (Å²) in [7, 11) is 1.61. The maximum Gasteiger partial charge on any atom is 0.314 e. The minimum atomic E-state index is -1.21. The van der Waals surface area contributed by atoms with Gasteiger partial charge in [-0.2, -0.15) is 0 Å². The van der Waals surface area contributed by atoms with Crippen LogP contribution >= 0.6 is 0 Å². The number of aromatic nitrogens is 2. The standard InChI is InChI=1S/C31H24N6O2/c1-36(29-30(38)33-24-18-10-8-16-22(24)26(35-29)20-12-4-2-5-13-20)37-25-19-11-9-17-23(25)27(34-28(32)31(37)39)21-14-6-3-7-15-21/h2-19,28H,32H2,1H3. The summed E-state index contributed by atoms with van der Waals surface area (Å²) in [5.74, 6) is -0.530. The molecule has 190 valence electrons. The van der Waals surface area contributed by atoms with Crippen LogP contribution in [0.25, 0.3) is 22.2 Å². The quantitative estimate of drug-likeness (QED) is 0.387. The number of aliphatic imine (C=N–C) groups is 1. The number of para-hydroxylation sites is 2. The highest BCUT2D eigenvalue weighted by molar-refractivity contribution is 6.20. The number of hydrazine groups is 1. The van der Waals surface area contributed by atoms with Gasteiger partial charge in [0.25, 0.3) is 5.91 Å². The van der Waals surface area contributed by atoms with Gasteiger partial charge in [-0.1, -0.05) is 97.1 Å². The molecule has 1 aromatic heterocycles. The number of nitrogens with two attached hydrogens (primary N) is 1. The summed E-state index contributed by atoms with van der Waals surface area (Å²) in [6.07, 6.45) is -1.21. The van der Waals surface area contributed by atoms with Crippen LogP contribution in [0.1, 0.15) is 11.1 Å². The first-order chi connectivity index (χ1) is 19.0. The number of hydrogen-bond acceptors (Lipinski definition) is 7. The molecular weight excluding hydrogens is 488 g/mol. The number of anilines is 2. The van der Waals surface area contributed by atoms with E-state index in [0.717, 1.165) is 16.5 Å². The van der Waals surface area contributed by atoms with E-state index in [-0.39, 0.29) is 5.82 Å². The van der Waals surface area contributed by atoms with Gasteiger partial charge in [0.15, 0.2) is 6.17 Å². The Hall–Kier alpha value is -5.21. The maximum atomic E-state index is 13.8. The van der Waals surface area contributed by atoms with Gasteiger partial charge in [-0.15, -0.1) is 0 Å². The van der Waals surface area contributed by atoms with Gasteiger partial charge in [0, 0.05) is 29.1 Å². The van der Waals surface area contributed by atoms with E-state index in [0.29, 0.717) is 28.2 Å². The molecule has 0 saturated carbocycles. The third-order valence-electron chi connectivity index (χ3n) is 6.61. The van der Waals surface area contributed by atoms with Gasteiger partial charge in [0.05, 0.1) is 22.6 Å². The Bertz CT molecular complexity index is 1790. The minimum Gasteiger partial charge on any atom is -0.302 e. The SMILES string of the molecule is CN(c1nc(-c2ccccc2)c2ccccc2nc1=O)N1C(=O)C(N)N=C(c2ccccc2)c2ccccc21. The van der Waals surface area contributed by atoms with Gasteiger partial charge in [-0.25, -0.2) is 15.0 Å². The molecule has 1 aliphatic heterocycles. The molecule has 0 bridgehead atoms. The van der Waals surface area contributed by atoms with Crippen LogP contribution in [0.4, 0.5) is 11.5 Å². The lowest BCUT2D eigenvalue weighted by Crippen LogP contribution is -2.52. The lowest BCUT2D eigenvalue weighted by atomic mass is 10.0. The summed E-state index contributed by atoms with van der Waals surface area (Å²) < 4.78 is 0. The molecule has 0 radical (unpaired) electrons. The van der Waals surface area contributed by atoms with Crippen LogP contribution in [0.2, 0.25) is 0 Å². The first kappa shape index (κ1) is 24.1. The highest BCUT2D eigenvalue weighted by atomic mass is 16.2. The number of benzene rings is 4. The van der Waals surface area contributed by atoms with Crippen LogP contribution in [-0.4, -0.2) is 34.8 Å². The molecule has 0 fully saturated rings. The third-order valence-corrected chi connectivity index (χ3v) is 6.61. The number of carbonyl (C=O) groups excluding carboxylic acids is 1. The Balaban J connectivity index is 1.57. The van der Waals surface area contributed by atoms with Crippen molar-refractivity contribution in [1.29, 1.82) is 0 Å². The Morgan fingerprint density at radius 1 is 0.744 bits per heavy atom. The number of benzodiazepines with no additional fused rings is 1. The number of amides is 1. The highest BCUT2D eigenvalue weighted by Crippen LogP contribution is 2.31. The fourth-order valence-electron chi connectivity index (χ4n) is 4.77. The molecule has 2 N–H and O–H groups in total. The van der Waals surface area contributed by atoms with E-state index in [1.807, 2.05) is 97.1 Å². The molecule has 0 aliphatic carbocycles. The maximum absolute atomic E-state index is 13.8. The van der Waals surface area contributed by atoms with Gasteiger partial charge >= 0.3 is 5.56 Å². The Labute approximate surface area is 224 Å². The first-order valence-corrected chi connectivity index (χ1v) is 12.5. The second-order valence-corrected chi connectivity index (χ2v) is 9.06. The van der Waals surface area contributed by atoms with E-state index in [1.54, 1.807) is 19.2 Å². The molecule has 0 saturated heterocycles. The first-order valence-electron chi connectivity index (χ1n) is 12.5. The van der Waals surface area contributed by atoms with E-state index in [2.05, 4.69) is 9.98 Å². The molecule has 8 heteroatoms. The van der Waals surface area contributed by atoms with Gasteiger partial charge in [-0.3, -0.25) is 19.6 Å². The van der Waals surface area contributed by atoms with E-state index < -0.39 is 17.6 Å². The largest absolute Gasteiger partial charge is 0.314 e. The zero-order valence-corrected chi connectivity index (χ0v) is 21.1. The molecule has 6 rings (SSSR count). The van der Waals surface area contributed by atoms with Crippen LogP contribution in [0.5, 0.6) is 0 Å². The predicted octanol–water partition coefficient (Wildman–Crippen LogP) is 4.18. The molecule has 1 unspecified atom stereocenters. The molecule has 1 aliphatic rings. The molecular formula is C31H24N6O2. The van der Waals surface area contributed by atoms with Crippen molar-refractivity contribution in [3.05, 3.63) is 131 Å². The van der Waals surface area contributed by atoms with E-state index >= 15 is 0 Å². The number of nitrogens with zero attached hydrogens (tertiary/aromatic N) is 5. The summed E-state index contributed by atoms with van der Waals surface area (Å²) in [5, 5.41) is 3.50. The van der Waals surface area contributed by atoms with Crippen molar-refractivity contribution in [2.75, 3.05) is 17.1 Å². The summed E-state index contributed by atoms with van der Waals surface area (Å²) in [6, 6.07) is 33.9. The van der Waals surface area contributed by atoms with E-state index in [4.69, 9.17) is 10.7 Å². The van der Waals surface area contributed by atoms with Gasteiger partial charge in [0.2, 0.25) is 5.82 Å². The molecule has 1 amide bonds. The summed E-state index contributed by atoms with van der Waals surface area (Å²) in [4.78, 5) is 41.1. The topological polar surface area (TPSA) is 105 Å². The zero-order chi connectivity index (χ0) is 26.9. The van der Waals surface area contributed by atoms with Crippen molar-refractivity contribution >= 4 is 34.0 Å². The van der Waals surface area contributed by atoms with Crippen LogP contribution in [0.15, 0.2) is 119 Å². The van der Waals surface area contributed by atoms with Crippen molar-refractivity contribution in [1.82, 2.24) is 9.97 Å². The average Bonchev–Trinajstić information content (AvgIpc) is 3.19. The molecule has 0 spiro atoms. The van der Waals surface area contributed by atoms with E-state index in [9.17, 15) is 9.59 Å². The third kappa shape index (κ3) is 4.32. The Morgan fingerprint density at radius 3 is 2.10 bits per heavy atom. The minimum absolute atomic E-state index is 0.0245. The van der Waals surface area contributed by atoms with Crippen LogP contribution < -0.4 is 21.3 Å². The number of hydrogen-bond donors (Lipinski definition) is 1. The molecule has 8 nitrogen and oxygen atoms in total. The molecule has 5 aromatic rings. The molecule has 4 aromatic carbocycles. The average molecular weight is 513 g/mol. The molecule has 1 atom stereocenters. The van der Waals surface area contributed by atoms with Crippen LogP contribution in [-0.2, 0) is 4.79 Å². The highest BCUT2D eigenvalue weighted by Gasteiger charge is 2.34. The lowest BCUT2D eigenvalue weighted by molar-refractivity contribution is -0.119. The van der Waals surface area contributed by atoms with Crippen molar-refractivity contribution in [3.63, 3.8) is 0 Å². The number of fused-ring (bicyclic) bond motifs is 2. The van der Waals surface area contributed by atoms with Gasteiger partial charge in [0.1, 0.15) is 0 Å². The Kier molecular flexibility index (Phi) is 6.14. The number of carbonyl (C=O) groups is 1. The molecule has 2 heterocycles. The second kappa shape index (κ2) is 9.92. The second-order valence-electron chi connectivity index (χ2n) is 9.06. The van der Waals surface area contributed by atoms with Gasteiger partial charge < -0.3 is 5.73 Å². The van der Waals surface area contributed by atoms with E-state index in [1.165, 1.54) is 10.0 Å². The monoisotopic (exact) mass is 512 g/mol. The van der Waals surface area contributed by atoms with Crippen molar-refractivity contribution < 1.29 is 4.79 Å². The molecule has 39 heavy (non-hydrogen) atoms. The van der Waals surface area contributed by atoms with Gasteiger partial charge in [-0.05, 0) is 12.1 Å². The summed E-state index contributed by atoms with van der Waals surface area (Å²) in [5.41, 5.74) is 10.3. The van der Waals surface area contributed by atoms with Crippen molar-refractivity contribution in [2.24, 2.45) is 10.7 Å². The predicted molar refractivity (Wildman–Crippen MR) is 154 cm³/mol. The Morgan fingerprint density at radius 2 is 1.36 bits per heavy atom. The number of rotatable bonds is 4. The summed E-state index contributed by atoms with van der Waals surface area (Å²) in [6.45, 7) is 0. The smallest absolute Gasteiger partial charge is 0.302 e. The summed E-state index contributed by atoms with van der Waals surface area (Å²) >= 11 is 0.